The molecule has 81 valence electrons. The Labute approximate surface area is 85.4 Å². The minimum Gasteiger partial charge on any atom is -0.444 e. The van der Waals surface area contributed by atoms with E-state index in [1.165, 1.54) is 0 Å². The van der Waals surface area contributed by atoms with Crippen LogP contribution >= 0.6 is 0 Å². The number of ether oxygens (including phenoxy) is 1. The maximum atomic E-state index is 11.6. The van der Waals surface area contributed by atoms with Gasteiger partial charge in [-0.25, -0.2) is 4.79 Å². The van der Waals surface area contributed by atoms with Crippen molar-refractivity contribution in [2.75, 3.05) is 13.1 Å². The lowest BCUT2D eigenvalue weighted by Crippen LogP contribution is -2.43. The van der Waals surface area contributed by atoms with E-state index in [0.717, 1.165) is 12.8 Å². The molecule has 4 nitrogen and oxygen atoms in total. The Hall–Kier alpha value is -0.770. The van der Waals surface area contributed by atoms with E-state index in [1.54, 1.807) is 4.90 Å². The van der Waals surface area contributed by atoms with Gasteiger partial charge in [0.2, 0.25) is 0 Å². The van der Waals surface area contributed by atoms with Gasteiger partial charge in [-0.3, -0.25) is 5.73 Å². The van der Waals surface area contributed by atoms with Crippen molar-refractivity contribution >= 4 is 6.09 Å². The summed E-state index contributed by atoms with van der Waals surface area (Å²) in [5, 5.41) is 0. The van der Waals surface area contributed by atoms with Gasteiger partial charge in [-0.15, -0.1) is 0 Å². The van der Waals surface area contributed by atoms with Crippen LogP contribution in [-0.2, 0) is 4.74 Å². The van der Waals surface area contributed by atoms with Crippen LogP contribution in [-0.4, -0.2) is 35.7 Å². The summed E-state index contributed by atoms with van der Waals surface area (Å²) in [4.78, 5) is 13.3. The molecule has 1 heterocycles. The summed E-state index contributed by atoms with van der Waals surface area (Å²) in [6, 6.07) is -0.00585. The van der Waals surface area contributed by atoms with Gasteiger partial charge in [0.1, 0.15) is 5.60 Å². The van der Waals surface area contributed by atoms with E-state index < -0.39 is 5.60 Å². The van der Waals surface area contributed by atoms with E-state index in [4.69, 9.17) is 10.5 Å². The fraction of sp³-hybridized carbons (Fsp3) is 0.900. The van der Waals surface area contributed by atoms with Gasteiger partial charge in [-0.05, 0) is 33.6 Å². The van der Waals surface area contributed by atoms with E-state index >= 15 is 0 Å². The number of nitrogens with one attached hydrogen (secondary N) is 1. The summed E-state index contributed by atoms with van der Waals surface area (Å²) in [5.74, 6) is 0. The molecule has 1 N–H and O–H groups in total. The second-order valence-electron chi connectivity index (χ2n) is 4.74. The highest BCUT2D eigenvalue weighted by Crippen LogP contribution is 2.14. The molecule has 1 aliphatic heterocycles. The zero-order valence-corrected chi connectivity index (χ0v) is 9.17. The molecular formula is C10H19N2O2. The van der Waals surface area contributed by atoms with Crippen molar-refractivity contribution < 1.29 is 9.53 Å². The van der Waals surface area contributed by atoms with Crippen molar-refractivity contribution in [3.63, 3.8) is 0 Å². The third-order valence-electron chi connectivity index (χ3n) is 2.15. The molecule has 1 saturated heterocycles. The van der Waals surface area contributed by atoms with Crippen LogP contribution in [0.15, 0.2) is 0 Å². The number of nitrogens with zero attached hydrogens (tertiary/aromatic N) is 1. The molecule has 1 amide bonds. The quantitative estimate of drug-likeness (QED) is 0.596. The Kier molecular flexibility index (Phi) is 3.37. The Morgan fingerprint density at radius 3 is 2.29 bits per heavy atom. The first kappa shape index (κ1) is 11.3. The fourth-order valence-electron chi connectivity index (χ4n) is 1.39. The van der Waals surface area contributed by atoms with E-state index in [9.17, 15) is 4.79 Å². The summed E-state index contributed by atoms with van der Waals surface area (Å²) in [6.45, 7) is 6.90. The highest BCUT2D eigenvalue weighted by atomic mass is 16.6. The van der Waals surface area contributed by atoms with Crippen LogP contribution < -0.4 is 5.73 Å². The molecule has 0 bridgehead atoms. The van der Waals surface area contributed by atoms with E-state index in [0.29, 0.717) is 13.1 Å². The van der Waals surface area contributed by atoms with Gasteiger partial charge in [-0.2, -0.15) is 0 Å². The Bertz CT molecular complexity index is 203. The first-order chi connectivity index (χ1) is 6.38. The van der Waals surface area contributed by atoms with Crippen molar-refractivity contribution in [1.29, 1.82) is 0 Å². The van der Waals surface area contributed by atoms with Crippen LogP contribution in [0.4, 0.5) is 4.79 Å². The van der Waals surface area contributed by atoms with Crippen LogP contribution in [0.25, 0.3) is 0 Å². The lowest BCUT2D eigenvalue weighted by Gasteiger charge is -2.31. The topological polar surface area (TPSA) is 53.3 Å². The monoisotopic (exact) mass is 199 g/mol. The number of piperidine rings is 1. The predicted octanol–water partition coefficient (Wildman–Crippen LogP) is 1.67. The average Bonchev–Trinajstić information content (AvgIpc) is 2.02. The smallest absolute Gasteiger partial charge is 0.410 e. The van der Waals surface area contributed by atoms with E-state index in [-0.39, 0.29) is 12.1 Å². The largest absolute Gasteiger partial charge is 0.444 e. The molecule has 0 unspecified atom stereocenters. The third-order valence-corrected chi connectivity index (χ3v) is 2.15. The molecule has 0 spiro atoms. The molecule has 0 aromatic rings. The zero-order chi connectivity index (χ0) is 10.8. The van der Waals surface area contributed by atoms with Gasteiger partial charge in [0, 0.05) is 19.1 Å². The maximum absolute atomic E-state index is 11.6. The fourth-order valence-corrected chi connectivity index (χ4v) is 1.39. The number of hydrogen-bond acceptors (Lipinski definition) is 2. The van der Waals surface area contributed by atoms with Crippen LogP contribution in [0.2, 0.25) is 0 Å². The average molecular weight is 199 g/mol. The summed E-state index contributed by atoms with van der Waals surface area (Å²) < 4.78 is 5.24. The number of carbonyl (C=O) groups excluding carboxylic acids is 1. The van der Waals surface area contributed by atoms with Gasteiger partial charge in [0.25, 0.3) is 0 Å². The van der Waals surface area contributed by atoms with E-state index in [1.807, 2.05) is 20.8 Å². The number of hydrogen-bond donors (Lipinski definition) is 0. The molecule has 0 saturated carbocycles. The number of amides is 1. The van der Waals surface area contributed by atoms with Gasteiger partial charge in [-0.1, -0.05) is 0 Å². The Balaban J connectivity index is 2.38. The highest BCUT2D eigenvalue weighted by Gasteiger charge is 2.25. The van der Waals surface area contributed by atoms with Crippen molar-refractivity contribution in [1.82, 2.24) is 10.6 Å². The second-order valence-corrected chi connectivity index (χ2v) is 4.74. The van der Waals surface area contributed by atoms with Gasteiger partial charge in [0.05, 0.1) is 0 Å². The van der Waals surface area contributed by atoms with Crippen molar-refractivity contribution in [2.24, 2.45) is 0 Å². The number of likely N-dealkylation sites (tertiary alicyclic amines) is 1. The second kappa shape index (κ2) is 4.17. The molecule has 0 aromatic carbocycles. The molecular weight excluding hydrogens is 180 g/mol. The molecule has 0 aliphatic carbocycles. The van der Waals surface area contributed by atoms with Crippen molar-refractivity contribution in [3.8, 4) is 0 Å². The summed E-state index contributed by atoms with van der Waals surface area (Å²) >= 11 is 0. The molecule has 0 aromatic heterocycles. The van der Waals surface area contributed by atoms with Crippen LogP contribution in [0.3, 0.4) is 0 Å². The zero-order valence-electron chi connectivity index (χ0n) is 9.17. The molecule has 1 radical (unpaired) electrons. The minimum atomic E-state index is -0.422. The lowest BCUT2D eigenvalue weighted by molar-refractivity contribution is 0.0205. The summed E-state index contributed by atoms with van der Waals surface area (Å²) in [5.41, 5.74) is 7.08. The molecule has 1 rings (SSSR count). The molecule has 4 heteroatoms. The molecule has 1 fully saturated rings. The Morgan fingerprint density at radius 1 is 1.36 bits per heavy atom. The Morgan fingerprint density at radius 2 is 1.86 bits per heavy atom. The van der Waals surface area contributed by atoms with Crippen LogP contribution in [0, 0.1) is 0 Å². The number of carbonyl (C=O) groups is 1. The van der Waals surface area contributed by atoms with Gasteiger partial charge >= 0.3 is 6.09 Å². The van der Waals surface area contributed by atoms with E-state index in [2.05, 4.69) is 0 Å². The molecule has 1 aliphatic rings. The molecule has 14 heavy (non-hydrogen) atoms. The normalized spacial score (nSPS) is 19.6. The minimum absolute atomic E-state index is 0.00585. The van der Waals surface area contributed by atoms with Crippen molar-refractivity contribution in [2.45, 2.75) is 45.3 Å². The first-order valence-corrected chi connectivity index (χ1v) is 5.07. The van der Waals surface area contributed by atoms with Gasteiger partial charge in [0.15, 0.2) is 0 Å². The van der Waals surface area contributed by atoms with Crippen LogP contribution in [0.1, 0.15) is 33.6 Å². The third kappa shape index (κ3) is 3.54. The maximum Gasteiger partial charge on any atom is 0.410 e. The SMILES string of the molecule is CC(C)(C)OC(=O)N1CCC([NH])CC1. The first-order valence-electron chi connectivity index (χ1n) is 5.07. The van der Waals surface area contributed by atoms with Crippen LogP contribution in [0.5, 0.6) is 0 Å². The summed E-state index contributed by atoms with van der Waals surface area (Å²) in [7, 11) is 0. The lowest BCUT2D eigenvalue weighted by atomic mass is 10.1. The highest BCUT2D eigenvalue weighted by molar-refractivity contribution is 5.68. The number of rotatable bonds is 0. The summed E-state index contributed by atoms with van der Waals surface area (Å²) in [6.07, 6.45) is 1.28. The standard InChI is InChI=1S/C10H19N2O2/c1-10(2,3)14-9(13)12-6-4-8(11)5-7-12/h8,11H,4-7H2,1-3H3. The van der Waals surface area contributed by atoms with Gasteiger partial charge < -0.3 is 9.64 Å². The molecule has 0 atom stereocenters. The van der Waals surface area contributed by atoms with Crippen molar-refractivity contribution in [3.05, 3.63) is 0 Å². The predicted molar refractivity (Wildman–Crippen MR) is 53.9 cm³/mol.